The van der Waals surface area contributed by atoms with Crippen molar-refractivity contribution >= 4 is 0 Å². The lowest BCUT2D eigenvalue weighted by Gasteiger charge is -2.28. The second-order valence-corrected chi connectivity index (χ2v) is 6.97. The number of hydrogen-bond acceptors (Lipinski definition) is 3. The molecule has 112 valence electrons. The summed E-state index contributed by atoms with van der Waals surface area (Å²) in [5.41, 5.74) is 1.49. The summed E-state index contributed by atoms with van der Waals surface area (Å²) >= 11 is 0. The molecule has 0 bridgehead atoms. The predicted molar refractivity (Wildman–Crippen MR) is 83.1 cm³/mol. The summed E-state index contributed by atoms with van der Waals surface area (Å²) in [6.07, 6.45) is 0.965. The maximum atomic E-state index is 5.95. The molecule has 21 heavy (non-hydrogen) atoms. The SMILES string of the molecule is CC(C)(C)Cc1ccc(CN2COc3ccccc3C2)o1. The third-order valence-electron chi connectivity index (χ3n) is 3.57. The number of nitrogens with zero attached hydrogens (tertiary/aromatic N) is 1. The van der Waals surface area contributed by atoms with Gasteiger partial charge in [-0.05, 0) is 23.6 Å². The van der Waals surface area contributed by atoms with Gasteiger partial charge in [0.2, 0.25) is 0 Å². The fourth-order valence-corrected chi connectivity index (χ4v) is 2.67. The molecule has 3 heteroatoms. The molecule has 0 unspecified atom stereocenters. The lowest BCUT2D eigenvalue weighted by atomic mass is 9.91. The van der Waals surface area contributed by atoms with Crippen LogP contribution in [0.25, 0.3) is 0 Å². The van der Waals surface area contributed by atoms with E-state index in [1.165, 1.54) is 5.56 Å². The van der Waals surface area contributed by atoms with E-state index >= 15 is 0 Å². The Kier molecular flexibility index (Phi) is 3.77. The van der Waals surface area contributed by atoms with Crippen LogP contribution in [0.2, 0.25) is 0 Å². The van der Waals surface area contributed by atoms with Gasteiger partial charge in [0.1, 0.15) is 24.0 Å². The quantitative estimate of drug-likeness (QED) is 0.844. The molecule has 3 rings (SSSR count). The Morgan fingerprint density at radius 1 is 1.05 bits per heavy atom. The van der Waals surface area contributed by atoms with Gasteiger partial charge in [0.25, 0.3) is 0 Å². The molecule has 0 aliphatic carbocycles. The summed E-state index contributed by atoms with van der Waals surface area (Å²) in [6.45, 7) is 9.00. The van der Waals surface area contributed by atoms with E-state index in [9.17, 15) is 0 Å². The first-order valence-electron chi connectivity index (χ1n) is 7.50. The average Bonchev–Trinajstić information content (AvgIpc) is 2.83. The summed E-state index contributed by atoms with van der Waals surface area (Å²) in [5.74, 6) is 3.08. The first-order chi connectivity index (χ1) is 9.99. The van der Waals surface area contributed by atoms with Crippen LogP contribution in [0.4, 0.5) is 0 Å². The highest BCUT2D eigenvalue weighted by atomic mass is 16.5. The van der Waals surface area contributed by atoms with Crippen LogP contribution in [0.5, 0.6) is 5.75 Å². The molecule has 0 radical (unpaired) electrons. The molecule has 0 spiro atoms. The normalized spacial score (nSPS) is 15.6. The number of para-hydroxylation sites is 1. The molecule has 1 aliphatic heterocycles. The van der Waals surface area contributed by atoms with Gasteiger partial charge in [0, 0.05) is 18.5 Å². The molecule has 0 N–H and O–H groups in total. The minimum atomic E-state index is 0.252. The van der Waals surface area contributed by atoms with E-state index in [2.05, 4.69) is 49.9 Å². The van der Waals surface area contributed by atoms with Crippen LogP contribution in [0.15, 0.2) is 40.8 Å². The summed E-state index contributed by atoms with van der Waals surface area (Å²) in [4.78, 5) is 2.25. The van der Waals surface area contributed by atoms with Crippen molar-refractivity contribution in [3.8, 4) is 5.75 Å². The van der Waals surface area contributed by atoms with Crippen LogP contribution >= 0.6 is 0 Å². The summed E-state index contributed by atoms with van der Waals surface area (Å²) in [7, 11) is 0. The Hall–Kier alpha value is -1.74. The molecule has 0 saturated carbocycles. The second-order valence-electron chi connectivity index (χ2n) is 6.97. The van der Waals surface area contributed by atoms with Crippen molar-refractivity contribution in [2.24, 2.45) is 5.41 Å². The van der Waals surface area contributed by atoms with E-state index in [1.807, 2.05) is 12.1 Å². The number of rotatable bonds is 3. The highest BCUT2D eigenvalue weighted by Gasteiger charge is 2.19. The number of fused-ring (bicyclic) bond motifs is 1. The van der Waals surface area contributed by atoms with Crippen molar-refractivity contribution in [2.75, 3.05) is 6.73 Å². The van der Waals surface area contributed by atoms with Gasteiger partial charge in [-0.25, -0.2) is 0 Å². The fourth-order valence-electron chi connectivity index (χ4n) is 2.67. The molecule has 3 nitrogen and oxygen atoms in total. The van der Waals surface area contributed by atoms with Gasteiger partial charge >= 0.3 is 0 Å². The van der Waals surface area contributed by atoms with Crippen LogP contribution in [0, 0.1) is 5.41 Å². The topological polar surface area (TPSA) is 25.6 Å². The van der Waals surface area contributed by atoms with Crippen molar-refractivity contribution in [2.45, 2.75) is 40.3 Å². The van der Waals surface area contributed by atoms with E-state index in [0.717, 1.165) is 36.8 Å². The molecular formula is C18H23NO2. The van der Waals surface area contributed by atoms with E-state index in [1.54, 1.807) is 0 Å². The van der Waals surface area contributed by atoms with Gasteiger partial charge in [-0.2, -0.15) is 0 Å². The third kappa shape index (κ3) is 3.67. The number of hydrogen-bond donors (Lipinski definition) is 0. The van der Waals surface area contributed by atoms with E-state index in [-0.39, 0.29) is 5.41 Å². The molecule has 0 amide bonds. The molecular weight excluding hydrogens is 262 g/mol. The predicted octanol–water partition coefficient (Wildman–Crippen LogP) is 4.22. The fraction of sp³-hybridized carbons (Fsp3) is 0.444. The second kappa shape index (κ2) is 5.57. The maximum absolute atomic E-state index is 5.95. The van der Waals surface area contributed by atoms with Crippen molar-refractivity contribution in [1.29, 1.82) is 0 Å². The Morgan fingerprint density at radius 2 is 1.81 bits per heavy atom. The van der Waals surface area contributed by atoms with Gasteiger partial charge in [-0.3, -0.25) is 4.90 Å². The Morgan fingerprint density at radius 3 is 2.62 bits per heavy atom. The summed E-state index contributed by atoms with van der Waals surface area (Å²) in [5, 5.41) is 0. The molecule has 2 aromatic rings. The smallest absolute Gasteiger partial charge is 0.142 e. The van der Waals surface area contributed by atoms with E-state index in [0.29, 0.717) is 6.73 Å². The molecule has 0 atom stereocenters. The largest absolute Gasteiger partial charge is 0.478 e. The Balaban J connectivity index is 1.63. The highest BCUT2D eigenvalue weighted by Crippen LogP contribution is 2.26. The van der Waals surface area contributed by atoms with Crippen LogP contribution in [-0.2, 0) is 19.5 Å². The van der Waals surface area contributed by atoms with Gasteiger partial charge in [-0.15, -0.1) is 0 Å². The van der Waals surface area contributed by atoms with Gasteiger partial charge in [0.05, 0.1) is 6.54 Å². The van der Waals surface area contributed by atoms with Crippen molar-refractivity contribution in [3.63, 3.8) is 0 Å². The van der Waals surface area contributed by atoms with E-state index in [4.69, 9.17) is 9.15 Å². The zero-order chi connectivity index (χ0) is 14.9. The lowest BCUT2D eigenvalue weighted by molar-refractivity contribution is 0.0818. The van der Waals surface area contributed by atoms with Gasteiger partial charge < -0.3 is 9.15 Å². The molecule has 0 fully saturated rings. The first-order valence-corrected chi connectivity index (χ1v) is 7.50. The van der Waals surface area contributed by atoms with Crippen molar-refractivity contribution < 1.29 is 9.15 Å². The van der Waals surface area contributed by atoms with E-state index < -0.39 is 0 Å². The summed E-state index contributed by atoms with van der Waals surface area (Å²) in [6, 6.07) is 12.4. The van der Waals surface area contributed by atoms with Crippen LogP contribution < -0.4 is 4.74 Å². The zero-order valence-corrected chi connectivity index (χ0v) is 13.1. The third-order valence-corrected chi connectivity index (χ3v) is 3.57. The number of benzene rings is 1. The Bertz CT molecular complexity index is 610. The maximum Gasteiger partial charge on any atom is 0.142 e. The molecule has 2 heterocycles. The molecule has 1 aromatic carbocycles. The molecule has 1 aliphatic rings. The van der Waals surface area contributed by atoms with Crippen molar-refractivity contribution in [1.82, 2.24) is 4.90 Å². The number of ether oxygens (including phenoxy) is 1. The minimum absolute atomic E-state index is 0.252. The Labute approximate surface area is 126 Å². The average molecular weight is 285 g/mol. The van der Waals surface area contributed by atoms with Gasteiger partial charge in [-0.1, -0.05) is 39.0 Å². The monoisotopic (exact) mass is 285 g/mol. The van der Waals surface area contributed by atoms with Crippen LogP contribution in [0.3, 0.4) is 0 Å². The number of furan rings is 1. The standard InChI is InChI=1S/C18H23NO2/c1-18(2,3)10-15-8-9-16(21-15)12-19-11-14-6-4-5-7-17(14)20-13-19/h4-9H,10-13H2,1-3H3. The lowest BCUT2D eigenvalue weighted by Crippen LogP contribution is -2.31. The van der Waals surface area contributed by atoms with Gasteiger partial charge in [0.15, 0.2) is 0 Å². The van der Waals surface area contributed by atoms with Crippen molar-refractivity contribution in [3.05, 3.63) is 53.5 Å². The van der Waals surface area contributed by atoms with Crippen LogP contribution in [-0.4, -0.2) is 11.6 Å². The highest BCUT2D eigenvalue weighted by molar-refractivity contribution is 5.34. The molecule has 0 saturated heterocycles. The first kappa shape index (κ1) is 14.2. The van der Waals surface area contributed by atoms with Crippen LogP contribution in [0.1, 0.15) is 37.9 Å². The summed E-state index contributed by atoms with van der Waals surface area (Å²) < 4.78 is 11.7. The minimum Gasteiger partial charge on any atom is -0.478 e. The molecule has 1 aromatic heterocycles. The zero-order valence-electron chi connectivity index (χ0n) is 13.1.